The molecule has 6 heteroatoms. The van der Waals surface area contributed by atoms with Crippen molar-refractivity contribution in [3.05, 3.63) is 53.1 Å². The third-order valence-corrected chi connectivity index (χ3v) is 4.37. The number of aryl methyl sites for hydroxylation is 2. The number of rotatable bonds is 6. The topological polar surface area (TPSA) is 67.9 Å². The quantitative estimate of drug-likeness (QED) is 0.848. The number of hydrogen-bond donors (Lipinski definition) is 1. The maximum Gasteiger partial charge on any atom is 0.231 e. The summed E-state index contributed by atoms with van der Waals surface area (Å²) in [6.07, 6.45) is 0.233. The number of hydrogen-bond acceptors (Lipinski definition) is 4. The van der Waals surface area contributed by atoms with Crippen molar-refractivity contribution in [3.63, 3.8) is 0 Å². The predicted molar refractivity (Wildman–Crippen MR) is 103 cm³/mol. The second-order valence-electron chi connectivity index (χ2n) is 6.80. The van der Waals surface area contributed by atoms with Crippen LogP contribution in [0.15, 0.2) is 36.4 Å². The van der Waals surface area contributed by atoms with Crippen LogP contribution in [-0.4, -0.2) is 30.1 Å². The lowest BCUT2D eigenvalue weighted by molar-refractivity contribution is -0.129. The molecule has 0 atom stereocenters. The van der Waals surface area contributed by atoms with Gasteiger partial charge in [0.1, 0.15) is 0 Å². The van der Waals surface area contributed by atoms with Crippen molar-refractivity contribution in [2.75, 3.05) is 18.7 Å². The van der Waals surface area contributed by atoms with E-state index in [9.17, 15) is 9.59 Å². The SMILES string of the molecule is CC(=O)N(CCC(=O)Nc1cc(C)cc(C)c1)Cc1ccc2c(c1)OCO2. The largest absolute Gasteiger partial charge is 0.454 e. The van der Waals surface area contributed by atoms with Gasteiger partial charge in [0.25, 0.3) is 0 Å². The summed E-state index contributed by atoms with van der Waals surface area (Å²) in [5.41, 5.74) is 3.91. The Balaban J connectivity index is 1.58. The molecular formula is C21H24N2O4. The summed E-state index contributed by atoms with van der Waals surface area (Å²) in [6, 6.07) is 11.5. The van der Waals surface area contributed by atoms with Gasteiger partial charge in [0.05, 0.1) is 0 Å². The average molecular weight is 368 g/mol. The molecule has 0 fully saturated rings. The van der Waals surface area contributed by atoms with Gasteiger partial charge in [0.15, 0.2) is 11.5 Å². The number of ether oxygens (including phenoxy) is 2. The number of amides is 2. The average Bonchev–Trinajstić information content (AvgIpc) is 3.05. The van der Waals surface area contributed by atoms with Gasteiger partial charge in [-0.1, -0.05) is 12.1 Å². The van der Waals surface area contributed by atoms with E-state index >= 15 is 0 Å². The molecule has 0 saturated carbocycles. The first-order valence-corrected chi connectivity index (χ1v) is 8.93. The van der Waals surface area contributed by atoms with E-state index in [0.717, 1.165) is 22.4 Å². The molecule has 3 rings (SSSR count). The highest BCUT2D eigenvalue weighted by atomic mass is 16.7. The van der Waals surface area contributed by atoms with Gasteiger partial charge in [-0.2, -0.15) is 0 Å². The van der Waals surface area contributed by atoms with E-state index in [0.29, 0.717) is 24.6 Å². The van der Waals surface area contributed by atoms with Gasteiger partial charge < -0.3 is 19.7 Å². The zero-order chi connectivity index (χ0) is 19.4. The van der Waals surface area contributed by atoms with Crippen molar-refractivity contribution in [2.24, 2.45) is 0 Å². The third-order valence-electron chi connectivity index (χ3n) is 4.37. The van der Waals surface area contributed by atoms with Gasteiger partial charge in [-0.05, 0) is 54.8 Å². The lowest BCUT2D eigenvalue weighted by atomic mass is 10.1. The maximum atomic E-state index is 12.3. The highest BCUT2D eigenvalue weighted by molar-refractivity contribution is 5.91. The van der Waals surface area contributed by atoms with Gasteiger partial charge in [-0.3, -0.25) is 9.59 Å². The number of carbonyl (C=O) groups is 2. The van der Waals surface area contributed by atoms with Crippen LogP contribution in [0.5, 0.6) is 11.5 Å². The van der Waals surface area contributed by atoms with Crippen LogP contribution in [0, 0.1) is 13.8 Å². The molecule has 0 spiro atoms. The summed E-state index contributed by atoms with van der Waals surface area (Å²) >= 11 is 0. The van der Waals surface area contributed by atoms with Crippen LogP contribution in [0.25, 0.3) is 0 Å². The Kier molecular flexibility index (Phi) is 5.64. The highest BCUT2D eigenvalue weighted by Gasteiger charge is 2.16. The zero-order valence-electron chi connectivity index (χ0n) is 15.9. The van der Waals surface area contributed by atoms with Crippen LogP contribution in [0.2, 0.25) is 0 Å². The van der Waals surface area contributed by atoms with E-state index in [-0.39, 0.29) is 25.0 Å². The molecule has 0 aromatic heterocycles. The predicted octanol–water partition coefficient (Wildman–Crippen LogP) is 3.41. The molecule has 0 saturated heterocycles. The minimum absolute atomic E-state index is 0.0770. The summed E-state index contributed by atoms with van der Waals surface area (Å²) in [7, 11) is 0. The molecule has 0 radical (unpaired) electrons. The summed E-state index contributed by atoms with van der Waals surface area (Å²) in [6.45, 7) is 6.48. The fourth-order valence-corrected chi connectivity index (χ4v) is 3.11. The Bertz CT molecular complexity index is 843. The van der Waals surface area contributed by atoms with Crippen LogP contribution >= 0.6 is 0 Å². The monoisotopic (exact) mass is 368 g/mol. The molecule has 2 aromatic rings. The van der Waals surface area contributed by atoms with E-state index in [1.165, 1.54) is 6.92 Å². The molecule has 0 unspecified atom stereocenters. The molecule has 1 heterocycles. The first-order chi connectivity index (χ1) is 12.9. The summed E-state index contributed by atoms with van der Waals surface area (Å²) in [4.78, 5) is 25.9. The Labute approximate surface area is 159 Å². The van der Waals surface area contributed by atoms with Crippen LogP contribution in [0.4, 0.5) is 5.69 Å². The van der Waals surface area contributed by atoms with E-state index in [2.05, 4.69) is 11.4 Å². The van der Waals surface area contributed by atoms with E-state index in [1.54, 1.807) is 4.90 Å². The number of nitrogens with one attached hydrogen (secondary N) is 1. The third kappa shape index (κ3) is 5.00. The van der Waals surface area contributed by atoms with Gasteiger partial charge in [0.2, 0.25) is 18.6 Å². The van der Waals surface area contributed by atoms with Crippen LogP contribution < -0.4 is 14.8 Å². The molecule has 0 aliphatic carbocycles. The fraction of sp³-hybridized carbons (Fsp3) is 0.333. The smallest absolute Gasteiger partial charge is 0.231 e. The van der Waals surface area contributed by atoms with Crippen molar-refractivity contribution < 1.29 is 19.1 Å². The van der Waals surface area contributed by atoms with E-state index in [1.807, 2.05) is 44.2 Å². The summed E-state index contributed by atoms with van der Waals surface area (Å²) < 4.78 is 10.7. The van der Waals surface area contributed by atoms with Crippen molar-refractivity contribution in [1.29, 1.82) is 0 Å². The van der Waals surface area contributed by atoms with Crippen molar-refractivity contribution >= 4 is 17.5 Å². The Morgan fingerprint density at radius 2 is 1.74 bits per heavy atom. The second kappa shape index (κ2) is 8.12. The lowest BCUT2D eigenvalue weighted by Gasteiger charge is -2.21. The molecule has 2 amide bonds. The minimum atomic E-state index is -0.114. The zero-order valence-corrected chi connectivity index (χ0v) is 15.9. The molecule has 2 aromatic carbocycles. The Morgan fingerprint density at radius 1 is 1.04 bits per heavy atom. The first kappa shape index (κ1) is 18.8. The Hall–Kier alpha value is -3.02. The van der Waals surface area contributed by atoms with Crippen molar-refractivity contribution in [3.8, 4) is 11.5 Å². The normalized spacial score (nSPS) is 12.0. The minimum Gasteiger partial charge on any atom is -0.454 e. The second-order valence-corrected chi connectivity index (χ2v) is 6.80. The van der Waals surface area contributed by atoms with Crippen molar-refractivity contribution in [1.82, 2.24) is 4.90 Å². The molecule has 0 bridgehead atoms. The molecule has 27 heavy (non-hydrogen) atoms. The van der Waals surface area contributed by atoms with E-state index < -0.39 is 0 Å². The van der Waals surface area contributed by atoms with Gasteiger partial charge in [-0.15, -0.1) is 0 Å². The van der Waals surface area contributed by atoms with E-state index in [4.69, 9.17) is 9.47 Å². The van der Waals surface area contributed by atoms with Crippen LogP contribution in [0.3, 0.4) is 0 Å². The fourth-order valence-electron chi connectivity index (χ4n) is 3.11. The number of carbonyl (C=O) groups excluding carboxylic acids is 2. The van der Waals surface area contributed by atoms with Crippen LogP contribution in [-0.2, 0) is 16.1 Å². The maximum absolute atomic E-state index is 12.3. The van der Waals surface area contributed by atoms with Gasteiger partial charge in [0, 0.05) is 32.1 Å². The molecule has 6 nitrogen and oxygen atoms in total. The number of fused-ring (bicyclic) bond motifs is 1. The van der Waals surface area contributed by atoms with Gasteiger partial charge in [-0.25, -0.2) is 0 Å². The molecular weight excluding hydrogens is 344 g/mol. The standard InChI is InChI=1S/C21H24N2O4/c1-14-8-15(2)10-18(9-14)22-21(25)6-7-23(16(3)24)12-17-4-5-19-20(11-17)27-13-26-19/h4-5,8-11H,6-7,12-13H2,1-3H3,(H,22,25). The van der Waals surface area contributed by atoms with Crippen molar-refractivity contribution in [2.45, 2.75) is 33.7 Å². The number of anilines is 1. The molecule has 142 valence electrons. The molecule has 1 aliphatic heterocycles. The van der Waals surface area contributed by atoms with Crippen LogP contribution in [0.1, 0.15) is 30.0 Å². The summed E-state index contributed by atoms with van der Waals surface area (Å²) in [5, 5.41) is 2.90. The highest BCUT2D eigenvalue weighted by Crippen LogP contribution is 2.32. The Morgan fingerprint density at radius 3 is 2.44 bits per heavy atom. The lowest BCUT2D eigenvalue weighted by Crippen LogP contribution is -2.31. The van der Waals surface area contributed by atoms with Gasteiger partial charge >= 0.3 is 0 Å². The number of benzene rings is 2. The number of nitrogens with zero attached hydrogens (tertiary/aromatic N) is 1. The molecule has 1 aliphatic rings. The summed E-state index contributed by atoms with van der Waals surface area (Å²) in [5.74, 6) is 1.20. The molecule has 1 N–H and O–H groups in total. The first-order valence-electron chi connectivity index (χ1n) is 8.93.